The Bertz CT molecular complexity index is 590. The van der Waals surface area contributed by atoms with E-state index in [9.17, 15) is 4.79 Å². The van der Waals surface area contributed by atoms with E-state index >= 15 is 0 Å². The normalized spacial score (nSPS) is 10.3. The van der Waals surface area contributed by atoms with Crippen LogP contribution in [0.3, 0.4) is 0 Å². The van der Waals surface area contributed by atoms with Gasteiger partial charge in [0, 0.05) is 12.3 Å². The summed E-state index contributed by atoms with van der Waals surface area (Å²) in [5, 5.41) is 0. The molecular weight excluding hydrogens is 228 g/mol. The Labute approximate surface area is 106 Å². The zero-order chi connectivity index (χ0) is 13.0. The number of anilines is 1. The number of nitrogen functional groups attached to an aromatic ring is 1. The van der Waals surface area contributed by atoms with Gasteiger partial charge in [-0.15, -0.1) is 0 Å². The van der Waals surface area contributed by atoms with Crippen molar-refractivity contribution < 1.29 is 4.74 Å². The molecule has 0 saturated heterocycles. The highest BCUT2D eigenvalue weighted by Crippen LogP contribution is 2.22. The third-order valence-corrected chi connectivity index (χ3v) is 2.66. The lowest BCUT2D eigenvalue weighted by molar-refractivity contribution is 0.297. The number of nitrogens with zero attached hydrogens (tertiary/aromatic N) is 1. The highest BCUT2D eigenvalue weighted by atomic mass is 16.5. The SMILES string of the molecule is Cc1ccc(N)c(OCCn2ccccc2=O)c1. The second kappa shape index (κ2) is 5.40. The molecule has 0 aliphatic rings. The predicted molar refractivity (Wildman–Crippen MR) is 71.8 cm³/mol. The summed E-state index contributed by atoms with van der Waals surface area (Å²) < 4.78 is 7.19. The molecule has 4 nitrogen and oxygen atoms in total. The number of pyridine rings is 1. The Morgan fingerprint density at radius 3 is 2.89 bits per heavy atom. The van der Waals surface area contributed by atoms with Crippen molar-refractivity contribution in [3.8, 4) is 5.75 Å². The average Bonchev–Trinajstić information content (AvgIpc) is 2.36. The van der Waals surface area contributed by atoms with Gasteiger partial charge in [-0.05, 0) is 30.7 Å². The molecule has 2 rings (SSSR count). The highest BCUT2D eigenvalue weighted by Gasteiger charge is 2.01. The van der Waals surface area contributed by atoms with E-state index in [2.05, 4.69) is 0 Å². The number of benzene rings is 1. The van der Waals surface area contributed by atoms with Gasteiger partial charge in [0.2, 0.25) is 0 Å². The molecule has 0 aliphatic carbocycles. The van der Waals surface area contributed by atoms with Crippen LogP contribution in [0.1, 0.15) is 5.56 Å². The number of ether oxygens (including phenoxy) is 1. The van der Waals surface area contributed by atoms with Crippen molar-refractivity contribution in [1.29, 1.82) is 0 Å². The number of nitrogens with two attached hydrogens (primary N) is 1. The van der Waals surface area contributed by atoms with Gasteiger partial charge in [0.15, 0.2) is 0 Å². The summed E-state index contributed by atoms with van der Waals surface area (Å²) in [4.78, 5) is 11.5. The smallest absolute Gasteiger partial charge is 0.250 e. The maximum Gasteiger partial charge on any atom is 0.250 e. The Kier molecular flexibility index (Phi) is 3.67. The second-order valence-corrected chi connectivity index (χ2v) is 4.12. The zero-order valence-corrected chi connectivity index (χ0v) is 10.3. The average molecular weight is 244 g/mol. The Hall–Kier alpha value is -2.23. The van der Waals surface area contributed by atoms with Crippen LogP contribution in [0.15, 0.2) is 47.4 Å². The molecule has 0 aliphatic heterocycles. The fourth-order valence-electron chi connectivity index (χ4n) is 1.67. The van der Waals surface area contributed by atoms with Crippen molar-refractivity contribution >= 4 is 5.69 Å². The van der Waals surface area contributed by atoms with E-state index in [1.165, 1.54) is 6.07 Å². The molecule has 18 heavy (non-hydrogen) atoms. The molecule has 1 aromatic carbocycles. The van der Waals surface area contributed by atoms with Gasteiger partial charge < -0.3 is 15.0 Å². The summed E-state index contributed by atoms with van der Waals surface area (Å²) in [6, 6.07) is 10.7. The van der Waals surface area contributed by atoms with Crippen LogP contribution < -0.4 is 16.0 Å². The highest BCUT2D eigenvalue weighted by molar-refractivity contribution is 5.53. The molecule has 1 heterocycles. The number of hydrogen-bond donors (Lipinski definition) is 1. The van der Waals surface area contributed by atoms with E-state index in [-0.39, 0.29) is 5.56 Å². The molecule has 0 spiro atoms. The van der Waals surface area contributed by atoms with Gasteiger partial charge in [-0.25, -0.2) is 0 Å². The van der Waals surface area contributed by atoms with Gasteiger partial charge >= 0.3 is 0 Å². The number of aryl methyl sites for hydroxylation is 1. The van der Waals surface area contributed by atoms with E-state index in [0.29, 0.717) is 24.6 Å². The fourth-order valence-corrected chi connectivity index (χ4v) is 1.67. The van der Waals surface area contributed by atoms with Crippen LogP contribution in [0.2, 0.25) is 0 Å². The maximum atomic E-state index is 11.5. The summed E-state index contributed by atoms with van der Waals surface area (Å²) in [5.41, 5.74) is 7.48. The maximum absolute atomic E-state index is 11.5. The van der Waals surface area contributed by atoms with Crippen LogP contribution >= 0.6 is 0 Å². The third-order valence-electron chi connectivity index (χ3n) is 2.66. The van der Waals surface area contributed by atoms with Crippen LogP contribution in [0.5, 0.6) is 5.75 Å². The van der Waals surface area contributed by atoms with Crippen molar-refractivity contribution in [2.75, 3.05) is 12.3 Å². The van der Waals surface area contributed by atoms with Crippen molar-refractivity contribution in [2.45, 2.75) is 13.5 Å². The molecule has 2 aromatic rings. The van der Waals surface area contributed by atoms with Gasteiger partial charge in [0.05, 0.1) is 12.2 Å². The van der Waals surface area contributed by atoms with Crippen LogP contribution in [-0.4, -0.2) is 11.2 Å². The van der Waals surface area contributed by atoms with Crippen molar-refractivity contribution in [3.05, 3.63) is 58.5 Å². The van der Waals surface area contributed by atoms with Gasteiger partial charge in [-0.1, -0.05) is 12.1 Å². The van der Waals surface area contributed by atoms with E-state index in [1.54, 1.807) is 16.8 Å². The standard InChI is InChI=1S/C14H16N2O2/c1-11-5-6-12(15)13(10-11)18-9-8-16-7-3-2-4-14(16)17/h2-7,10H,8-9,15H2,1H3. The Morgan fingerprint density at radius 2 is 2.11 bits per heavy atom. The van der Waals surface area contributed by atoms with E-state index in [4.69, 9.17) is 10.5 Å². The first-order valence-corrected chi connectivity index (χ1v) is 5.81. The van der Waals surface area contributed by atoms with Crippen LogP contribution in [-0.2, 0) is 6.54 Å². The quantitative estimate of drug-likeness (QED) is 0.835. The Morgan fingerprint density at radius 1 is 1.28 bits per heavy atom. The summed E-state index contributed by atoms with van der Waals surface area (Å²) in [7, 11) is 0. The molecule has 0 unspecified atom stereocenters. The molecule has 1 aromatic heterocycles. The first-order chi connectivity index (χ1) is 8.66. The van der Waals surface area contributed by atoms with E-state index in [1.807, 2.05) is 31.2 Å². The molecule has 0 saturated carbocycles. The third kappa shape index (κ3) is 2.91. The van der Waals surface area contributed by atoms with Gasteiger partial charge in [-0.3, -0.25) is 4.79 Å². The van der Waals surface area contributed by atoms with Crippen molar-refractivity contribution in [2.24, 2.45) is 0 Å². The lowest BCUT2D eigenvalue weighted by Crippen LogP contribution is -2.21. The van der Waals surface area contributed by atoms with Crippen molar-refractivity contribution in [1.82, 2.24) is 4.57 Å². The first-order valence-electron chi connectivity index (χ1n) is 5.81. The first kappa shape index (κ1) is 12.2. The molecule has 94 valence electrons. The largest absolute Gasteiger partial charge is 0.490 e. The summed E-state index contributed by atoms with van der Waals surface area (Å²) in [6.07, 6.45) is 1.74. The molecule has 4 heteroatoms. The molecule has 0 atom stereocenters. The number of rotatable bonds is 4. The minimum atomic E-state index is -0.0293. The van der Waals surface area contributed by atoms with Gasteiger partial charge in [0.1, 0.15) is 12.4 Å². The molecular formula is C14H16N2O2. The lowest BCUT2D eigenvalue weighted by Gasteiger charge is -2.10. The monoisotopic (exact) mass is 244 g/mol. The van der Waals surface area contributed by atoms with Crippen LogP contribution in [0.4, 0.5) is 5.69 Å². The molecule has 0 amide bonds. The lowest BCUT2D eigenvalue weighted by atomic mass is 10.2. The van der Waals surface area contributed by atoms with Crippen LogP contribution in [0, 0.1) is 6.92 Å². The predicted octanol–water partition coefficient (Wildman–Crippen LogP) is 1.82. The van der Waals surface area contributed by atoms with E-state index in [0.717, 1.165) is 5.56 Å². The number of hydrogen-bond acceptors (Lipinski definition) is 3. The topological polar surface area (TPSA) is 57.2 Å². The minimum Gasteiger partial charge on any atom is -0.490 e. The molecule has 0 bridgehead atoms. The summed E-state index contributed by atoms with van der Waals surface area (Å²) in [5.74, 6) is 0.666. The summed E-state index contributed by atoms with van der Waals surface area (Å²) in [6.45, 7) is 2.90. The minimum absolute atomic E-state index is 0.0293. The zero-order valence-electron chi connectivity index (χ0n) is 10.3. The van der Waals surface area contributed by atoms with Gasteiger partial charge in [0.25, 0.3) is 5.56 Å². The molecule has 0 radical (unpaired) electrons. The van der Waals surface area contributed by atoms with E-state index < -0.39 is 0 Å². The van der Waals surface area contributed by atoms with Gasteiger partial charge in [-0.2, -0.15) is 0 Å². The molecule has 0 fully saturated rings. The summed E-state index contributed by atoms with van der Waals surface area (Å²) >= 11 is 0. The number of aromatic nitrogens is 1. The van der Waals surface area contributed by atoms with Crippen molar-refractivity contribution in [3.63, 3.8) is 0 Å². The molecule has 2 N–H and O–H groups in total. The van der Waals surface area contributed by atoms with Crippen LogP contribution in [0.25, 0.3) is 0 Å². The second-order valence-electron chi connectivity index (χ2n) is 4.12. The fraction of sp³-hybridized carbons (Fsp3) is 0.214. The Balaban J connectivity index is 1.99.